The zero-order valence-electron chi connectivity index (χ0n) is 18.9. The van der Waals surface area contributed by atoms with Gasteiger partial charge in [-0.3, -0.25) is 19.9 Å². The van der Waals surface area contributed by atoms with E-state index >= 15 is 0 Å². The molecule has 0 aromatic heterocycles. The third-order valence-electron chi connectivity index (χ3n) is 9.31. The van der Waals surface area contributed by atoms with E-state index in [1.807, 2.05) is 19.1 Å². The zero-order valence-corrected chi connectivity index (χ0v) is 18.9. The molecule has 1 spiro atoms. The minimum atomic E-state index is -1.16. The molecule has 1 aromatic rings. The molecule has 5 unspecified atom stereocenters. The van der Waals surface area contributed by atoms with E-state index in [2.05, 4.69) is 10.2 Å². The highest BCUT2D eigenvalue weighted by molar-refractivity contribution is 6.07. The van der Waals surface area contributed by atoms with E-state index in [4.69, 9.17) is 0 Å². The average molecular weight is 451 g/mol. The lowest BCUT2D eigenvalue weighted by Gasteiger charge is -2.58. The Morgan fingerprint density at radius 1 is 1.27 bits per heavy atom. The number of aliphatic hydroxyl groups is 1. The highest BCUT2D eigenvalue weighted by Gasteiger charge is 2.75. The number of nitrogens with zero attached hydrogens (tertiary/aromatic N) is 3. The summed E-state index contributed by atoms with van der Waals surface area (Å²) in [6.07, 6.45) is 4.14. The van der Waals surface area contributed by atoms with Gasteiger partial charge in [0.1, 0.15) is 17.8 Å². The largest absolute Gasteiger partial charge is 0.508 e. The van der Waals surface area contributed by atoms with Crippen molar-refractivity contribution in [2.75, 3.05) is 19.6 Å². The number of urea groups is 1. The lowest BCUT2D eigenvalue weighted by Crippen LogP contribution is -2.70. The van der Waals surface area contributed by atoms with Crippen LogP contribution in [-0.2, 0) is 10.2 Å². The summed E-state index contributed by atoms with van der Waals surface area (Å²) in [7, 11) is 0. The maximum absolute atomic E-state index is 13.2. The number of benzene rings is 1. The minimum absolute atomic E-state index is 0.0155. The summed E-state index contributed by atoms with van der Waals surface area (Å²) in [6, 6.07) is 6.76. The highest BCUT2D eigenvalue weighted by Crippen LogP contribution is 2.66. The van der Waals surface area contributed by atoms with Crippen LogP contribution in [0.1, 0.15) is 49.7 Å². The van der Waals surface area contributed by atoms with Gasteiger partial charge in [-0.2, -0.15) is 5.26 Å². The topological polar surface area (TPSA) is 117 Å². The van der Waals surface area contributed by atoms with E-state index in [0.717, 1.165) is 24.2 Å². The van der Waals surface area contributed by atoms with Crippen LogP contribution in [0.4, 0.5) is 4.79 Å². The minimum Gasteiger partial charge on any atom is -0.508 e. The third-order valence-corrected chi connectivity index (χ3v) is 9.31. The van der Waals surface area contributed by atoms with Gasteiger partial charge in [0.2, 0.25) is 0 Å². The number of carbonyl (C=O) groups is 2. The monoisotopic (exact) mass is 450 g/mol. The van der Waals surface area contributed by atoms with E-state index in [1.54, 1.807) is 12.1 Å². The number of nitriles is 1. The van der Waals surface area contributed by atoms with Crippen LogP contribution in [0.2, 0.25) is 0 Å². The number of imide groups is 1. The molecule has 6 rings (SSSR count). The van der Waals surface area contributed by atoms with Crippen molar-refractivity contribution < 1.29 is 19.8 Å². The van der Waals surface area contributed by atoms with Crippen LogP contribution in [0, 0.1) is 30.1 Å². The molecular formula is C25H30N4O4. The van der Waals surface area contributed by atoms with Gasteiger partial charge in [0.15, 0.2) is 0 Å². The van der Waals surface area contributed by atoms with Crippen LogP contribution in [0.5, 0.6) is 5.75 Å². The van der Waals surface area contributed by atoms with Gasteiger partial charge < -0.3 is 10.2 Å². The van der Waals surface area contributed by atoms with Crippen molar-refractivity contribution in [3.05, 3.63) is 29.3 Å². The van der Waals surface area contributed by atoms with Crippen molar-refractivity contribution in [1.29, 1.82) is 5.26 Å². The first-order valence-corrected chi connectivity index (χ1v) is 12.0. The number of aromatic hydroxyl groups is 1. The number of phenols is 1. The summed E-state index contributed by atoms with van der Waals surface area (Å²) in [6.45, 7) is 3.73. The van der Waals surface area contributed by atoms with Gasteiger partial charge in [-0.25, -0.2) is 4.79 Å². The smallest absolute Gasteiger partial charge is 0.325 e. The number of amides is 3. The van der Waals surface area contributed by atoms with Crippen LogP contribution < -0.4 is 5.32 Å². The Labute approximate surface area is 193 Å². The molecule has 3 aliphatic carbocycles. The Morgan fingerprint density at radius 3 is 2.79 bits per heavy atom. The number of rotatable bonds is 4. The summed E-state index contributed by atoms with van der Waals surface area (Å²) in [4.78, 5) is 29.7. The van der Waals surface area contributed by atoms with Crippen molar-refractivity contribution in [3.63, 3.8) is 0 Å². The summed E-state index contributed by atoms with van der Waals surface area (Å²) in [5.74, 6) is 0.763. The maximum atomic E-state index is 13.2. The molecule has 2 aliphatic heterocycles. The van der Waals surface area contributed by atoms with Crippen LogP contribution in [0.15, 0.2) is 18.2 Å². The number of fused-ring (bicyclic) bond motifs is 3. The van der Waals surface area contributed by atoms with Gasteiger partial charge in [-0.05, 0) is 80.5 Å². The molecule has 3 amide bonds. The summed E-state index contributed by atoms with van der Waals surface area (Å²) in [5.41, 5.74) is -1.22. The van der Waals surface area contributed by atoms with Crippen molar-refractivity contribution in [3.8, 4) is 11.8 Å². The van der Waals surface area contributed by atoms with E-state index in [1.165, 1.54) is 17.7 Å². The molecule has 5 fully saturated rings. The third kappa shape index (κ3) is 2.64. The standard InChI is InChI=1S/C25H30N4O4/c1-15-2-5-18(30)10-19(15)23-11-17-13-28(12-16-3-4-16)20(17)25(23,33)7-6-24(14-23)21(31)27-22(32)29(24)9-8-26/h2,5,10,16-17,20,30,33H,3-4,6-7,9,11-14H2,1H3,(H,27,31,32). The molecule has 3 saturated carbocycles. The number of aryl methyl sites for hydroxylation is 1. The maximum Gasteiger partial charge on any atom is 0.325 e. The lowest BCUT2D eigenvalue weighted by atomic mass is 9.54. The first kappa shape index (κ1) is 20.9. The van der Waals surface area contributed by atoms with Crippen LogP contribution in [0.3, 0.4) is 0 Å². The van der Waals surface area contributed by atoms with Gasteiger partial charge in [0, 0.05) is 24.5 Å². The van der Waals surface area contributed by atoms with Crippen LogP contribution in [0.25, 0.3) is 0 Å². The number of nitrogens with one attached hydrogen (secondary N) is 1. The second kappa shape index (κ2) is 6.71. The van der Waals surface area contributed by atoms with Gasteiger partial charge in [0.05, 0.1) is 11.7 Å². The SMILES string of the molecule is Cc1ccc(O)cc1C12CC3CN(CC4CC4)C3C1(O)CCC1(C2)C(=O)NC(=O)N1CC#N. The van der Waals surface area contributed by atoms with Crippen molar-refractivity contribution in [2.45, 2.75) is 68.0 Å². The second-order valence-electron chi connectivity index (χ2n) is 11.0. The first-order chi connectivity index (χ1) is 15.7. The Morgan fingerprint density at radius 2 is 2.06 bits per heavy atom. The predicted octanol–water partition coefficient (Wildman–Crippen LogP) is 1.78. The van der Waals surface area contributed by atoms with Gasteiger partial charge >= 0.3 is 6.03 Å². The fourth-order valence-corrected chi connectivity index (χ4v) is 7.75. The number of carbonyl (C=O) groups excluding carboxylic acids is 2. The normalized spacial score (nSPS) is 39.7. The van der Waals surface area contributed by atoms with E-state index < -0.39 is 22.6 Å². The highest BCUT2D eigenvalue weighted by atomic mass is 16.3. The molecule has 8 heteroatoms. The van der Waals surface area contributed by atoms with E-state index in [0.29, 0.717) is 31.1 Å². The van der Waals surface area contributed by atoms with Crippen molar-refractivity contribution >= 4 is 11.9 Å². The Bertz CT molecular complexity index is 1100. The van der Waals surface area contributed by atoms with Gasteiger partial charge in [0.25, 0.3) is 5.91 Å². The first-order valence-electron chi connectivity index (χ1n) is 12.0. The van der Waals surface area contributed by atoms with E-state index in [9.17, 15) is 25.1 Å². The molecule has 0 radical (unpaired) electrons. The molecule has 174 valence electrons. The molecule has 0 bridgehead atoms. The molecule has 2 heterocycles. The quantitative estimate of drug-likeness (QED) is 0.476. The molecule has 8 nitrogen and oxygen atoms in total. The lowest BCUT2D eigenvalue weighted by molar-refractivity contribution is -0.155. The Hall–Kier alpha value is -2.63. The number of hydrogen-bond acceptors (Lipinski definition) is 6. The predicted molar refractivity (Wildman–Crippen MR) is 118 cm³/mol. The number of hydrogen-bond donors (Lipinski definition) is 3. The average Bonchev–Trinajstić information content (AvgIpc) is 3.51. The van der Waals surface area contributed by atoms with Crippen LogP contribution >= 0.6 is 0 Å². The summed E-state index contributed by atoms with van der Waals surface area (Å²) >= 11 is 0. The molecule has 3 N–H and O–H groups in total. The summed E-state index contributed by atoms with van der Waals surface area (Å²) < 4.78 is 0. The van der Waals surface area contributed by atoms with E-state index in [-0.39, 0.29) is 30.7 Å². The fourth-order valence-electron chi connectivity index (χ4n) is 7.75. The Kier molecular flexibility index (Phi) is 4.26. The zero-order chi connectivity index (χ0) is 23.2. The fraction of sp³-hybridized carbons (Fsp3) is 0.640. The molecule has 5 atom stereocenters. The molecule has 33 heavy (non-hydrogen) atoms. The van der Waals surface area contributed by atoms with Crippen LogP contribution in [-0.4, -0.2) is 68.8 Å². The molecule has 2 saturated heterocycles. The molecular weight excluding hydrogens is 420 g/mol. The summed E-state index contributed by atoms with van der Waals surface area (Å²) in [5, 5.41) is 34.7. The number of phenolic OH excluding ortho intramolecular Hbond substituents is 1. The Balaban J connectivity index is 1.49. The molecule has 5 aliphatic rings. The second-order valence-corrected chi connectivity index (χ2v) is 11.0. The van der Waals surface area contributed by atoms with Crippen molar-refractivity contribution in [1.82, 2.24) is 15.1 Å². The van der Waals surface area contributed by atoms with Crippen molar-refractivity contribution in [2.24, 2.45) is 11.8 Å². The molecule has 1 aromatic carbocycles. The van der Waals surface area contributed by atoms with Gasteiger partial charge in [-0.1, -0.05) is 6.07 Å². The number of likely N-dealkylation sites (tertiary alicyclic amines) is 1. The van der Waals surface area contributed by atoms with Gasteiger partial charge in [-0.15, -0.1) is 0 Å².